The van der Waals surface area contributed by atoms with Gasteiger partial charge in [-0.2, -0.15) is 5.10 Å². The summed E-state index contributed by atoms with van der Waals surface area (Å²) in [6.07, 6.45) is 6.21. The topological polar surface area (TPSA) is 78.3 Å². The Hall–Kier alpha value is -3.35. The van der Waals surface area contributed by atoms with Crippen LogP contribution in [0.4, 0.5) is 0 Å². The molecule has 1 aromatic carbocycles. The summed E-state index contributed by atoms with van der Waals surface area (Å²) in [5.74, 6) is 1.12. The van der Waals surface area contributed by atoms with Crippen LogP contribution >= 0.6 is 0 Å². The minimum Gasteiger partial charge on any atom is -0.483 e. The lowest BCUT2D eigenvalue weighted by atomic mass is 10.0. The van der Waals surface area contributed by atoms with E-state index in [1.807, 2.05) is 57.4 Å². The number of hydrogen-bond donors (Lipinski definition) is 1. The largest absolute Gasteiger partial charge is 0.483 e. The highest BCUT2D eigenvalue weighted by molar-refractivity contribution is 5.78. The van der Waals surface area contributed by atoms with E-state index < -0.39 is 0 Å². The number of amides is 1. The van der Waals surface area contributed by atoms with Crippen molar-refractivity contribution in [3.05, 3.63) is 60.0 Å². The molecule has 7 nitrogen and oxygen atoms in total. The minimum absolute atomic E-state index is 0.0806. The number of fused-ring (bicyclic) bond motifs is 1. The van der Waals surface area contributed by atoms with Gasteiger partial charge in [-0.1, -0.05) is 18.2 Å². The maximum absolute atomic E-state index is 12.4. The van der Waals surface area contributed by atoms with E-state index in [4.69, 9.17) is 9.47 Å². The van der Waals surface area contributed by atoms with Crippen molar-refractivity contribution in [3.63, 3.8) is 0 Å². The van der Waals surface area contributed by atoms with Gasteiger partial charge in [-0.3, -0.25) is 14.5 Å². The average molecular weight is 392 g/mol. The predicted molar refractivity (Wildman–Crippen MR) is 109 cm³/mol. The maximum atomic E-state index is 12.4. The highest BCUT2D eigenvalue weighted by Crippen LogP contribution is 2.41. The molecule has 0 bridgehead atoms. The summed E-state index contributed by atoms with van der Waals surface area (Å²) in [7, 11) is 1.86. The molecule has 1 amide bonds. The number of aryl methyl sites for hydroxylation is 1. The maximum Gasteiger partial charge on any atom is 0.258 e. The third-order valence-electron chi connectivity index (χ3n) is 4.76. The monoisotopic (exact) mass is 392 g/mol. The molecule has 29 heavy (non-hydrogen) atoms. The molecule has 2 aromatic heterocycles. The number of carbonyl (C=O) groups is 1. The van der Waals surface area contributed by atoms with Crippen molar-refractivity contribution in [2.45, 2.75) is 32.4 Å². The quantitative estimate of drug-likeness (QED) is 0.698. The lowest BCUT2D eigenvalue weighted by molar-refractivity contribution is -0.123. The summed E-state index contributed by atoms with van der Waals surface area (Å²) in [5, 5.41) is 7.09. The zero-order valence-corrected chi connectivity index (χ0v) is 16.8. The Morgan fingerprint density at radius 1 is 1.31 bits per heavy atom. The van der Waals surface area contributed by atoms with Crippen molar-refractivity contribution in [2.75, 3.05) is 6.61 Å². The number of hydrogen-bond acceptors (Lipinski definition) is 5. The Balaban J connectivity index is 1.38. The van der Waals surface area contributed by atoms with Gasteiger partial charge in [0.15, 0.2) is 18.1 Å². The summed E-state index contributed by atoms with van der Waals surface area (Å²) < 4.78 is 13.4. The zero-order valence-electron chi connectivity index (χ0n) is 16.8. The second kappa shape index (κ2) is 7.58. The fraction of sp³-hybridized carbons (Fsp3) is 0.318. The molecule has 0 unspecified atom stereocenters. The lowest BCUT2D eigenvalue weighted by Gasteiger charge is -2.18. The van der Waals surface area contributed by atoms with Gasteiger partial charge in [0.05, 0.1) is 11.9 Å². The highest BCUT2D eigenvalue weighted by atomic mass is 16.5. The summed E-state index contributed by atoms with van der Waals surface area (Å²) in [6.45, 7) is 4.36. The van der Waals surface area contributed by atoms with Crippen LogP contribution in [0.3, 0.4) is 0 Å². The smallest absolute Gasteiger partial charge is 0.258 e. The number of pyridine rings is 1. The van der Waals surface area contributed by atoms with Gasteiger partial charge in [0.25, 0.3) is 5.91 Å². The van der Waals surface area contributed by atoms with Crippen LogP contribution < -0.4 is 14.8 Å². The van der Waals surface area contributed by atoms with Gasteiger partial charge in [-0.05, 0) is 31.5 Å². The van der Waals surface area contributed by atoms with E-state index in [1.165, 1.54) is 0 Å². The van der Waals surface area contributed by atoms with Gasteiger partial charge in [-0.25, -0.2) is 0 Å². The average Bonchev–Trinajstić information content (AvgIpc) is 3.26. The Morgan fingerprint density at radius 3 is 2.97 bits per heavy atom. The fourth-order valence-electron chi connectivity index (χ4n) is 3.47. The Morgan fingerprint density at radius 2 is 2.17 bits per heavy atom. The Labute approximate surface area is 169 Å². The molecular formula is C22H24N4O3. The number of nitrogens with one attached hydrogen (secondary N) is 1. The highest BCUT2D eigenvalue weighted by Gasteiger charge is 2.32. The first-order valence-corrected chi connectivity index (χ1v) is 9.55. The number of aromatic nitrogens is 3. The van der Waals surface area contributed by atoms with Crippen molar-refractivity contribution in [1.82, 2.24) is 20.1 Å². The SMILES string of the molecule is Cn1cc(-c2ncccc2CNC(=O)COc2cccc3c2OC(C)(C)C3)cn1. The van der Waals surface area contributed by atoms with E-state index in [1.54, 1.807) is 17.1 Å². The van der Waals surface area contributed by atoms with E-state index in [9.17, 15) is 4.79 Å². The van der Waals surface area contributed by atoms with Crippen LogP contribution in [0.5, 0.6) is 11.5 Å². The number of ether oxygens (including phenoxy) is 2. The number of rotatable bonds is 6. The van der Waals surface area contributed by atoms with Gasteiger partial charge in [0, 0.05) is 43.5 Å². The van der Waals surface area contributed by atoms with Crippen molar-refractivity contribution in [2.24, 2.45) is 7.05 Å². The molecule has 3 heterocycles. The molecule has 150 valence electrons. The Bertz CT molecular complexity index is 1040. The van der Waals surface area contributed by atoms with Crippen molar-refractivity contribution < 1.29 is 14.3 Å². The van der Waals surface area contributed by atoms with Crippen LogP contribution in [0.2, 0.25) is 0 Å². The van der Waals surface area contributed by atoms with Crippen LogP contribution in [0.15, 0.2) is 48.9 Å². The molecule has 7 heteroatoms. The molecule has 1 aliphatic heterocycles. The van der Waals surface area contributed by atoms with E-state index in [0.29, 0.717) is 12.3 Å². The second-order valence-corrected chi connectivity index (χ2v) is 7.76. The predicted octanol–water partition coefficient (Wildman–Crippen LogP) is 2.89. The first-order valence-electron chi connectivity index (χ1n) is 9.55. The third kappa shape index (κ3) is 4.23. The van der Waals surface area contributed by atoms with Crippen LogP contribution in [0.25, 0.3) is 11.3 Å². The molecule has 0 fully saturated rings. The van der Waals surface area contributed by atoms with Gasteiger partial charge in [0.1, 0.15) is 5.60 Å². The number of para-hydroxylation sites is 1. The number of benzene rings is 1. The van der Waals surface area contributed by atoms with Gasteiger partial charge < -0.3 is 14.8 Å². The fourth-order valence-corrected chi connectivity index (χ4v) is 3.47. The summed E-state index contributed by atoms with van der Waals surface area (Å²) >= 11 is 0. The molecule has 1 aliphatic rings. The molecule has 0 saturated heterocycles. The molecule has 4 rings (SSSR count). The standard InChI is InChI=1S/C22H24N4O3/c1-22(2)10-15-6-4-8-18(21(15)29-22)28-14-19(27)24-11-16-7-5-9-23-20(16)17-12-25-26(3)13-17/h4-9,12-13H,10-11,14H2,1-3H3,(H,24,27). The molecule has 1 N–H and O–H groups in total. The summed E-state index contributed by atoms with van der Waals surface area (Å²) in [5.41, 5.74) is 3.48. The number of nitrogens with zero attached hydrogens (tertiary/aromatic N) is 3. The molecule has 0 atom stereocenters. The molecule has 0 aliphatic carbocycles. The second-order valence-electron chi connectivity index (χ2n) is 7.76. The molecule has 0 radical (unpaired) electrons. The Kier molecular flexibility index (Phi) is 4.96. The first kappa shape index (κ1) is 19.0. The normalized spacial score (nSPS) is 14.2. The first-order chi connectivity index (χ1) is 13.9. The van der Waals surface area contributed by atoms with E-state index in [-0.39, 0.29) is 18.1 Å². The van der Waals surface area contributed by atoms with E-state index in [0.717, 1.165) is 34.6 Å². The van der Waals surface area contributed by atoms with E-state index in [2.05, 4.69) is 15.4 Å². The van der Waals surface area contributed by atoms with Crippen LogP contribution in [0.1, 0.15) is 25.0 Å². The summed E-state index contributed by atoms with van der Waals surface area (Å²) in [6, 6.07) is 9.57. The number of carbonyl (C=O) groups excluding carboxylic acids is 1. The van der Waals surface area contributed by atoms with Gasteiger partial charge in [0.2, 0.25) is 0 Å². The minimum atomic E-state index is -0.257. The third-order valence-corrected chi connectivity index (χ3v) is 4.76. The zero-order chi connectivity index (χ0) is 20.4. The van der Waals surface area contributed by atoms with Crippen molar-refractivity contribution in [3.8, 4) is 22.8 Å². The molecule has 3 aromatic rings. The van der Waals surface area contributed by atoms with Crippen LogP contribution in [-0.2, 0) is 24.8 Å². The summed E-state index contributed by atoms with van der Waals surface area (Å²) in [4.78, 5) is 16.8. The van der Waals surface area contributed by atoms with E-state index >= 15 is 0 Å². The van der Waals surface area contributed by atoms with Crippen molar-refractivity contribution in [1.29, 1.82) is 0 Å². The van der Waals surface area contributed by atoms with Gasteiger partial charge in [-0.15, -0.1) is 0 Å². The lowest BCUT2D eigenvalue weighted by Crippen LogP contribution is -2.29. The van der Waals surface area contributed by atoms with Crippen LogP contribution in [-0.4, -0.2) is 32.9 Å². The van der Waals surface area contributed by atoms with Crippen LogP contribution in [0, 0.1) is 0 Å². The molecule has 0 spiro atoms. The van der Waals surface area contributed by atoms with Crippen molar-refractivity contribution >= 4 is 5.91 Å². The molecular weight excluding hydrogens is 368 g/mol. The molecule has 0 saturated carbocycles. The van der Waals surface area contributed by atoms with Gasteiger partial charge >= 0.3 is 0 Å².